The molecule has 1 amide bonds. The molecule has 0 spiro atoms. The van der Waals surface area contributed by atoms with Gasteiger partial charge in [0.05, 0.1) is 18.9 Å². The summed E-state index contributed by atoms with van der Waals surface area (Å²) in [7, 11) is 0. The Kier molecular flexibility index (Phi) is 5.80. The Bertz CT molecular complexity index is 881. The fourth-order valence-corrected chi connectivity index (χ4v) is 3.02. The molecule has 0 atom stereocenters. The van der Waals surface area contributed by atoms with Crippen LogP contribution in [0.4, 0.5) is 5.13 Å². The van der Waals surface area contributed by atoms with Crippen LogP contribution >= 0.6 is 11.3 Å². The Morgan fingerprint density at radius 1 is 1.08 bits per heavy atom. The van der Waals surface area contributed by atoms with E-state index in [0.29, 0.717) is 35.4 Å². The van der Waals surface area contributed by atoms with Gasteiger partial charge in [0.2, 0.25) is 0 Å². The molecule has 1 N–H and O–H groups in total. The zero-order chi connectivity index (χ0) is 18.4. The van der Waals surface area contributed by atoms with Crippen molar-refractivity contribution in [1.29, 1.82) is 0 Å². The number of benzene rings is 1. The second kappa shape index (κ2) is 8.44. The van der Waals surface area contributed by atoms with Crippen molar-refractivity contribution in [2.75, 3.05) is 18.5 Å². The van der Waals surface area contributed by atoms with E-state index in [1.54, 1.807) is 24.4 Å². The highest BCUT2D eigenvalue weighted by atomic mass is 32.1. The molecule has 3 rings (SSSR count). The molecule has 2 aromatic heterocycles. The summed E-state index contributed by atoms with van der Waals surface area (Å²) < 4.78 is 11.1. The van der Waals surface area contributed by atoms with Crippen molar-refractivity contribution in [2.45, 2.75) is 13.8 Å². The van der Waals surface area contributed by atoms with Crippen LogP contribution in [-0.4, -0.2) is 29.1 Å². The summed E-state index contributed by atoms with van der Waals surface area (Å²) in [6.07, 6.45) is 1.71. The summed E-state index contributed by atoms with van der Waals surface area (Å²) in [5.41, 5.74) is 1.98. The summed E-state index contributed by atoms with van der Waals surface area (Å²) in [6.45, 7) is 4.81. The second-order valence-electron chi connectivity index (χ2n) is 5.23. The van der Waals surface area contributed by atoms with Gasteiger partial charge in [-0.15, -0.1) is 11.3 Å². The van der Waals surface area contributed by atoms with Crippen molar-refractivity contribution in [1.82, 2.24) is 9.97 Å². The third-order valence-corrected chi connectivity index (χ3v) is 4.22. The van der Waals surface area contributed by atoms with Crippen molar-refractivity contribution in [3.8, 4) is 22.9 Å². The van der Waals surface area contributed by atoms with Crippen molar-refractivity contribution in [3.05, 3.63) is 53.5 Å². The monoisotopic (exact) mass is 369 g/mol. The maximum absolute atomic E-state index is 12.5. The molecule has 0 unspecified atom stereocenters. The van der Waals surface area contributed by atoms with Crippen LogP contribution in [0, 0.1) is 0 Å². The molecule has 3 aromatic rings. The zero-order valence-corrected chi connectivity index (χ0v) is 15.4. The first-order chi connectivity index (χ1) is 12.7. The van der Waals surface area contributed by atoms with Gasteiger partial charge in [-0.2, -0.15) is 0 Å². The number of hydrogen-bond donors (Lipinski definition) is 1. The van der Waals surface area contributed by atoms with Crippen molar-refractivity contribution in [3.63, 3.8) is 0 Å². The highest BCUT2D eigenvalue weighted by Crippen LogP contribution is 2.29. The maximum atomic E-state index is 12.5. The Morgan fingerprint density at radius 2 is 1.88 bits per heavy atom. The van der Waals surface area contributed by atoms with Gasteiger partial charge >= 0.3 is 0 Å². The van der Waals surface area contributed by atoms with E-state index < -0.39 is 0 Å². The fourth-order valence-electron chi connectivity index (χ4n) is 2.32. The minimum atomic E-state index is -0.254. The average molecular weight is 369 g/mol. The molecule has 2 heterocycles. The van der Waals surface area contributed by atoms with Crippen LogP contribution in [0.3, 0.4) is 0 Å². The molecule has 7 heteroatoms. The third kappa shape index (κ3) is 4.18. The molecule has 0 aliphatic rings. The highest BCUT2D eigenvalue weighted by molar-refractivity contribution is 7.14. The Labute approximate surface area is 155 Å². The molecular formula is C19H19N3O3S. The average Bonchev–Trinajstić information content (AvgIpc) is 3.13. The van der Waals surface area contributed by atoms with E-state index in [1.807, 2.05) is 37.4 Å². The number of ether oxygens (including phenoxy) is 2. The summed E-state index contributed by atoms with van der Waals surface area (Å²) in [5, 5.41) is 5.19. The molecule has 0 aliphatic carbocycles. The number of anilines is 1. The van der Waals surface area contributed by atoms with E-state index in [9.17, 15) is 4.79 Å². The van der Waals surface area contributed by atoms with E-state index in [2.05, 4.69) is 15.3 Å². The van der Waals surface area contributed by atoms with E-state index in [-0.39, 0.29) is 5.91 Å². The Hall–Kier alpha value is -2.93. The topological polar surface area (TPSA) is 73.3 Å². The number of hydrogen-bond acceptors (Lipinski definition) is 6. The van der Waals surface area contributed by atoms with Crippen LogP contribution in [0.1, 0.15) is 24.2 Å². The van der Waals surface area contributed by atoms with Crippen molar-refractivity contribution < 1.29 is 14.3 Å². The first-order valence-electron chi connectivity index (χ1n) is 8.29. The lowest BCUT2D eigenvalue weighted by Gasteiger charge is -2.12. The van der Waals surface area contributed by atoms with Crippen molar-refractivity contribution >= 4 is 22.4 Å². The number of pyridine rings is 1. The van der Waals surface area contributed by atoms with Gasteiger partial charge in [-0.05, 0) is 44.2 Å². The molecule has 0 bridgehead atoms. The van der Waals surface area contributed by atoms with Gasteiger partial charge in [0.1, 0.15) is 5.69 Å². The second-order valence-corrected chi connectivity index (χ2v) is 6.09. The van der Waals surface area contributed by atoms with Crippen LogP contribution in [0.25, 0.3) is 11.4 Å². The molecule has 26 heavy (non-hydrogen) atoms. The number of rotatable bonds is 7. The summed E-state index contributed by atoms with van der Waals surface area (Å²) >= 11 is 1.35. The van der Waals surface area contributed by atoms with E-state index in [1.165, 1.54) is 11.3 Å². The van der Waals surface area contributed by atoms with Gasteiger partial charge < -0.3 is 9.47 Å². The van der Waals surface area contributed by atoms with Crippen LogP contribution in [-0.2, 0) is 0 Å². The van der Waals surface area contributed by atoms with Gasteiger partial charge in [0, 0.05) is 17.1 Å². The lowest BCUT2D eigenvalue weighted by molar-refractivity contribution is 0.102. The largest absolute Gasteiger partial charge is 0.490 e. The van der Waals surface area contributed by atoms with E-state index >= 15 is 0 Å². The molecule has 0 aliphatic heterocycles. The number of aromatic nitrogens is 2. The molecule has 6 nitrogen and oxygen atoms in total. The first kappa shape index (κ1) is 17.9. The number of carbonyl (C=O) groups is 1. The highest BCUT2D eigenvalue weighted by Gasteiger charge is 2.14. The molecule has 0 radical (unpaired) electrons. The third-order valence-electron chi connectivity index (χ3n) is 3.46. The summed E-state index contributed by atoms with van der Waals surface area (Å²) in [5.74, 6) is 0.920. The van der Waals surface area contributed by atoms with E-state index in [0.717, 1.165) is 11.4 Å². The lowest BCUT2D eigenvalue weighted by Crippen LogP contribution is -2.12. The number of carbonyl (C=O) groups excluding carboxylic acids is 1. The van der Waals surface area contributed by atoms with Crippen LogP contribution < -0.4 is 14.8 Å². The maximum Gasteiger partial charge on any atom is 0.257 e. The number of amides is 1. The van der Waals surface area contributed by atoms with E-state index in [4.69, 9.17) is 9.47 Å². The van der Waals surface area contributed by atoms with Gasteiger partial charge in [-0.25, -0.2) is 4.98 Å². The van der Waals surface area contributed by atoms with Crippen LogP contribution in [0.15, 0.2) is 48.0 Å². The van der Waals surface area contributed by atoms with Crippen molar-refractivity contribution in [2.24, 2.45) is 0 Å². The normalized spacial score (nSPS) is 10.4. The fraction of sp³-hybridized carbons (Fsp3) is 0.211. The molecule has 0 saturated heterocycles. The minimum absolute atomic E-state index is 0.254. The number of thiazole rings is 1. The molecule has 0 saturated carbocycles. The predicted octanol–water partition coefficient (Wildman–Crippen LogP) is 4.25. The Balaban J connectivity index is 1.76. The number of nitrogens with zero attached hydrogens (tertiary/aromatic N) is 2. The van der Waals surface area contributed by atoms with Crippen LogP contribution in [0.2, 0.25) is 0 Å². The van der Waals surface area contributed by atoms with Gasteiger partial charge in [-0.1, -0.05) is 6.07 Å². The predicted molar refractivity (Wildman–Crippen MR) is 102 cm³/mol. The SMILES string of the molecule is CCOc1ccc(C(=O)Nc2nc(-c3ccccn3)cs2)cc1OCC. The quantitative estimate of drug-likeness (QED) is 0.674. The van der Waals surface area contributed by atoms with Gasteiger partial charge in [0.15, 0.2) is 16.6 Å². The smallest absolute Gasteiger partial charge is 0.257 e. The lowest BCUT2D eigenvalue weighted by atomic mass is 10.2. The molecule has 1 aromatic carbocycles. The zero-order valence-electron chi connectivity index (χ0n) is 14.6. The van der Waals surface area contributed by atoms with Gasteiger partial charge in [-0.3, -0.25) is 15.1 Å². The Morgan fingerprint density at radius 3 is 2.62 bits per heavy atom. The first-order valence-corrected chi connectivity index (χ1v) is 9.17. The standard InChI is InChI=1S/C19H19N3O3S/c1-3-24-16-9-8-13(11-17(16)25-4-2)18(23)22-19-21-15(12-26-19)14-7-5-6-10-20-14/h5-12H,3-4H2,1-2H3,(H,21,22,23). The molecular weight excluding hydrogens is 350 g/mol. The van der Waals surface area contributed by atoms with Crippen LogP contribution in [0.5, 0.6) is 11.5 Å². The number of nitrogens with one attached hydrogen (secondary N) is 1. The molecule has 134 valence electrons. The van der Waals surface area contributed by atoms with Gasteiger partial charge in [0.25, 0.3) is 5.91 Å². The summed E-state index contributed by atoms with van der Waals surface area (Å²) in [4.78, 5) is 21.2. The molecule has 0 fully saturated rings. The summed E-state index contributed by atoms with van der Waals surface area (Å²) in [6, 6.07) is 10.7. The minimum Gasteiger partial charge on any atom is -0.490 e.